The molecule has 0 radical (unpaired) electrons. The number of aromatic nitrogens is 8. The van der Waals surface area contributed by atoms with Crippen molar-refractivity contribution < 1.29 is 0 Å². The summed E-state index contributed by atoms with van der Waals surface area (Å²) in [5, 5.41) is 14.2. The van der Waals surface area contributed by atoms with Crippen LogP contribution in [0.1, 0.15) is 85.1 Å². The molecular formula is C23H21N9O. The first-order valence-corrected chi connectivity index (χ1v) is 11.1. The van der Waals surface area contributed by atoms with Gasteiger partial charge >= 0.3 is 0 Å². The van der Waals surface area contributed by atoms with Gasteiger partial charge in [-0.3, -0.25) is 4.79 Å². The van der Waals surface area contributed by atoms with E-state index in [0.29, 0.717) is 17.4 Å². The van der Waals surface area contributed by atoms with Crippen molar-refractivity contribution in [3.05, 3.63) is 69.9 Å². The second-order valence-corrected chi connectivity index (χ2v) is 8.78. The minimum atomic E-state index is -0.357. The fourth-order valence-corrected chi connectivity index (χ4v) is 4.48. The van der Waals surface area contributed by atoms with Gasteiger partial charge in [0.15, 0.2) is 11.3 Å². The van der Waals surface area contributed by atoms with Gasteiger partial charge in [0.05, 0.1) is 6.04 Å². The van der Waals surface area contributed by atoms with Crippen molar-refractivity contribution in [2.75, 3.05) is 0 Å². The van der Waals surface area contributed by atoms with E-state index in [1.165, 1.54) is 0 Å². The molecule has 4 heterocycles. The largest absolute Gasteiger partial charge is 0.310 e. The summed E-state index contributed by atoms with van der Waals surface area (Å²) in [6, 6.07) is 3.53. The lowest BCUT2D eigenvalue weighted by Crippen LogP contribution is -2.28. The Bertz CT molecular complexity index is 1430. The van der Waals surface area contributed by atoms with E-state index in [1.807, 2.05) is 13.0 Å². The van der Waals surface area contributed by atoms with Crippen LogP contribution in [0, 0.1) is 11.3 Å². The number of nitrogens with zero attached hydrogens (tertiary/aromatic N) is 8. The average molecular weight is 439 g/mol. The van der Waals surface area contributed by atoms with E-state index >= 15 is 0 Å². The van der Waals surface area contributed by atoms with E-state index in [0.717, 1.165) is 42.9 Å². The van der Waals surface area contributed by atoms with Crippen molar-refractivity contribution in [1.29, 1.82) is 5.26 Å². The highest BCUT2D eigenvalue weighted by Gasteiger charge is 2.38. The summed E-state index contributed by atoms with van der Waals surface area (Å²) in [4.78, 5) is 38.5. The van der Waals surface area contributed by atoms with Crippen molar-refractivity contribution in [2.24, 2.45) is 0 Å². The van der Waals surface area contributed by atoms with Gasteiger partial charge in [-0.05, 0) is 38.7 Å². The van der Waals surface area contributed by atoms with Gasteiger partial charge in [-0.1, -0.05) is 0 Å². The highest BCUT2D eigenvalue weighted by atomic mass is 16.1. The Morgan fingerprint density at radius 1 is 1.06 bits per heavy atom. The number of nitrogens with one attached hydrogen (secondary N) is 1. The number of rotatable bonds is 5. The summed E-state index contributed by atoms with van der Waals surface area (Å²) in [7, 11) is 0. The smallest absolute Gasteiger partial charge is 0.263 e. The van der Waals surface area contributed by atoms with E-state index in [-0.39, 0.29) is 34.5 Å². The standard InChI is InChI=1S/C23H21N9O/c1-12(14-10-27-19(28-11-14)13-3-4-13)32-22-18(17(9-24)31-32)23(33)30-21(29-22)16-6-5-15(16)20-25-7-2-8-26-20/h2,7-8,10-13,15-16H,3-6H2,1H3,(H,29,30,33)/t12-,15-,16+/m0/s1. The molecule has 1 N–H and O–H groups in total. The highest BCUT2D eigenvalue weighted by molar-refractivity contribution is 5.80. The molecule has 2 aliphatic carbocycles. The van der Waals surface area contributed by atoms with Crippen LogP contribution >= 0.6 is 0 Å². The number of H-pyrrole nitrogens is 1. The van der Waals surface area contributed by atoms with Gasteiger partial charge in [0.1, 0.15) is 28.9 Å². The van der Waals surface area contributed by atoms with Gasteiger partial charge in [-0.2, -0.15) is 10.4 Å². The predicted octanol–water partition coefficient (Wildman–Crippen LogP) is 2.72. The van der Waals surface area contributed by atoms with E-state index in [4.69, 9.17) is 4.98 Å². The minimum Gasteiger partial charge on any atom is -0.310 e. The molecule has 0 unspecified atom stereocenters. The molecule has 2 aliphatic rings. The molecule has 3 atom stereocenters. The van der Waals surface area contributed by atoms with Gasteiger partial charge in [0.25, 0.3) is 5.56 Å². The Balaban J connectivity index is 1.41. The van der Waals surface area contributed by atoms with Gasteiger partial charge in [0.2, 0.25) is 0 Å². The quantitative estimate of drug-likeness (QED) is 0.501. The Kier molecular flexibility index (Phi) is 4.50. The molecule has 6 rings (SSSR count). The van der Waals surface area contributed by atoms with Crippen LogP contribution in [0.15, 0.2) is 35.6 Å². The van der Waals surface area contributed by atoms with Gasteiger partial charge in [0, 0.05) is 48.1 Å². The third-order valence-electron chi connectivity index (χ3n) is 6.71. The third kappa shape index (κ3) is 3.28. The molecule has 33 heavy (non-hydrogen) atoms. The molecule has 0 aliphatic heterocycles. The predicted molar refractivity (Wildman–Crippen MR) is 117 cm³/mol. The van der Waals surface area contributed by atoms with Crippen LogP contribution in [0.25, 0.3) is 11.0 Å². The SMILES string of the molecule is C[C@@H](c1cnc(C2CC2)nc1)n1nc(C#N)c2c(=O)[nH]c([C@@H]3CC[C@@H]3c3ncccn3)nc21. The molecule has 164 valence electrons. The molecular weight excluding hydrogens is 418 g/mol. The Labute approximate surface area is 188 Å². The third-order valence-corrected chi connectivity index (χ3v) is 6.71. The topological polar surface area (TPSA) is 139 Å². The van der Waals surface area contributed by atoms with Crippen molar-refractivity contribution in [3.8, 4) is 6.07 Å². The second-order valence-electron chi connectivity index (χ2n) is 8.78. The summed E-state index contributed by atoms with van der Waals surface area (Å²) in [6.45, 7) is 1.94. The summed E-state index contributed by atoms with van der Waals surface area (Å²) in [5.74, 6) is 2.77. The Morgan fingerprint density at radius 3 is 2.42 bits per heavy atom. The van der Waals surface area contributed by atoms with E-state index in [1.54, 1.807) is 35.5 Å². The average Bonchev–Trinajstić information content (AvgIpc) is 3.59. The van der Waals surface area contributed by atoms with Gasteiger partial charge in [-0.15, -0.1) is 0 Å². The lowest BCUT2D eigenvalue weighted by molar-refractivity contribution is 0.319. The maximum Gasteiger partial charge on any atom is 0.263 e. The summed E-state index contributed by atoms with van der Waals surface area (Å²) < 4.78 is 1.63. The lowest BCUT2D eigenvalue weighted by Gasteiger charge is -2.34. The molecule has 10 nitrogen and oxygen atoms in total. The van der Waals surface area contributed by atoms with Crippen LogP contribution in [0.4, 0.5) is 0 Å². The first-order chi connectivity index (χ1) is 16.1. The minimum absolute atomic E-state index is 0.00912. The monoisotopic (exact) mass is 439 g/mol. The first-order valence-electron chi connectivity index (χ1n) is 11.1. The second kappa shape index (κ2) is 7.55. The van der Waals surface area contributed by atoms with Crippen LogP contribution in [-0.2, 0) is 0 Å². The number of hydrogen-bond donors (Lipinski definition) is 1. The van der Waals surface area contributed by atoms with Crippen molar-refractivity contribution >= 4 is 11.0 Å². The number of fused-ring (bicyclic) bond motifs is 1. The molecule has 0 spiro atoms. The summed E-state index contributed by atoms with van der Waals surface area (Å²) in [6.07, 6.45) is 11.1. The zero-order chi connectivity index (χ0) is 22.5. The summed E-state index contributed by atoms with van der Waals surface area (Å²) >= 11 is 0. The van der Waals surface area contributed by atoms with Crippen LogP contribution in [0.3, 0.4) is 0 Å². The first kappa shape index (κ1) is 19.7. The molecule has 0 saturated heterocycles. The fraction of sp³-hybridized carbons (Fsp3) is 0.391. The number of nitriles is 1. The van der Waals surface area contributed by atoms with Gasteiger partial charge in [-0.25, -0.2) is 29.6 Å². The Hall–Kier alpha value is -4.00. The molecule has 4 aromatic heterocycles. The maximum absolute atomic E-state index is 13.0. The zero-order valence-electron chi connectivity index (χ0n) is 18.0. The van der Waals surface area contributed by atoms with Crippen LogP contribution in [0.2, 0.25) is 0 Å². The number of hydrogen-bond acceptors (Lipinski definition) is 8. The molecule has 2 fully saturated rings. The molecule has 10 heteroatoms. The number of aromatic amines is 1. The van der Waals surface area contributed by atoms with Crippen molar-refractivity contribution in [3.63, 3.8) is 0 Å². The normalized spacial score (nSPS) is 20.8. The fourth-order valence-electron chi connectivity index (χ4n) is 4.48. The molecule has 0 aromatic carbocycles. The lowest BCUT2D eigenvalue weighted by atomic mass is 9.72. The zero-order valence-corrected chi connectivity index (χ0v) is 18.0. The maximum atomic E-state index is 13.0. The Morgan fingerprint density at radius 2 is 1.79 bits per heavy atom. The van der Waals surface area contributed by atoms with Crippen molar-refractivity contribution in [1.82, 2.24) is 39.7 Å². The molecule has 0 bridgehead atoms. The molecule has 0 amide bonds. The summed E-state index contributed by atoms with van der Waals surface area (Å²) in [5.41, 5.74) is 0.939. The van der Waals surface area contributed by atoms with Crippen LogP contribution in [-0.4, -0.2) is 39.7 Å². The van der Waals surface area contributed by atoms with Crippen LogP contribution in [0.5, 0.6) is 0 Å². The van der Waals surface area contributed by atoms with Gasteiger partial charge < -0.3 is 4.98 Å². The van der Waals surface area contributed by atoms with E-state index in [2.05, 4.69) is 30.0 Å². The van der Waals surface area contributed by atoms with Crippen LogP contribution < -0.4 is 5.56 Å². The molecule has 2 saturated carbocycles. The highest BCUT2D eigenvalue weighted by Crippen LogP contribution is 2.46. The van der Waals surface area contributed by atoms with E-state index in [9.17, 15) is 10.1 Å². The van der Waals surface area contributed by atoms with E-state index < -0.39 is 0 Å². The molecule has 4 aromatic rings. The van der Waals surface area contributed by atoms with Crippen molar-refractivity contribution in [2.45, 2.75) is 56.4 Å².